The van der Waals surface area contributed by atoms with Gasteiger partial charge >= 0.3 is 11.9 Å². The second-order valence-electron chi connectivity index (χ2n) is 4.22. The number of carbonyl (C=O) groups is 3. The van der Waals surface area contributed by atoms with Gasteiger partial charge in [0.05, 0.1) is 9.82 Å². The van der Waals surface area contributed by atoms with Gasteiger partial charge in [-0.2, -0.15) is 0 Å². The van der Waals surface area contributed by atoms with E-state index < -0.39 is 34.8 Å². The second kappa shape index (κ2) is 8.08. The van der Waals surface area contributed by atoms with Crippen molar-refractivity contribution in [3.8, 4) is 0 Å². The van der Waals surface area contributed by atoms with E-state index in [-0.39, 0.29) is 16.1 Å². The number of ketones is 1. The minimum atomic E-state index is -1.51. The molecule has 1 aromatic carbocycles. The monoisotopic (exact) mass is 339 g/mol. The first-order valence-corrected chi connectivity index (χ1v) is 7.43. The number of nitro benzene ring substituents is 1. The van der Waals surface area contributed by atoms with Crippen LogP contribution in [0.25, 0.3) is 6.08 Å². The fourth-order valence-corrected chi connectivity index (χ4v) is 2.40. The predicted octanol–water partition coefficient (Wildman–Crippen LogP) is 1.92. The molecule has 23 heavy (non-hydrogen) atoms. The van der Waals surface area contributed by atoms with Crippen LogP contribution in [-0.4, -0.2) is 40.6 Å². The summed E-state index contributed by atoms with van der Waals surface area (Å²) in [6.45, 7) is 0.376. The molecule has 0 fully saturated rings. The lowest BCUT2D eigenvalue weighted by Gasteiger charge is -2.06. The average Bonchev–Trinajstić information content (AvgIpc) is 2.49. The van der Waals surface area contributed by atoms with Crippen molar-refractivity contribution in [3.63, 3.8) is 0 Å². The zero-order valence-electron chi connectivity index (χ0n) is 12.3. The molecule has 0 radical (unpaired) electrons. The van der Waals surface area contributed by atoms with Crippen molar-refractivity contribution in [1.29, 1.82) is 0 Å². The fourth-order valence-electron chi connectivity index (χ4n) is 1.68. The number of thioether (sulfide) groups is 1. The van der Waals surface area contributed by atoms with E-state index in [4.69, 9.17) is 5.11 Å². The van der Waals surface area contributed by atoms with Crippen molar-refractivity contribution in [2.24, 2.45) is 0 Å². The molecule has 0 saturated heterocycles. The number of ether oxygens (including phenoxy) is 1. The highest BCUT2D eigenvalue weighted by Crippen LogP contribution is 2.32. The van der Waals surface area contributed by atoms with Crippen LogP contribution in [0.1, 0.15) is 12.5 Å². The third kappa shape index (κ3) is 4.92. The first-order chi connectivity index (χ1) is 10.8. The third-order valence-electron chi connectivity index (χ3n) is 2.66. The van der Waals surface area contributed by atoms with E-state index in [1.807, 2.05) is 0 Å². The first-order valence-electron chi connectivity index (χ1n) is 6.20. The molecule has 8 nitrogen and oxygen atoms in total. The summed E-state index contributed by atoms with van der Waals surface area (Å²) in [5, 5.41) is 20.1. The van der Waals surface area contributed by atoms with E-state index in [0.29, 0.717) is 0 Å². The Kier molecular flexibility index (Phi) is 6.46. The summed E-state index contributed by atoms with van der Waals surface area (Å²) < 4.78 is 4.48. The highest BCUT2D eigenvalue weighted by molar-refractivity contribution is 7.98. The second-order valence-corrected chi connectivity index (χ2v) is 5.04. The average molecular weight is 339 g/mol. The Morgan fingerprint density at radius 3 is 2.52 bits per heavy atom. The Hall–Kier alpha value is -2.68. The van der Waals surface area contributed by atoms with Crippen LogP contribution in [0.3, 0.4) is 0 Å². The maximum absolute atomic E-state index is 11.8. The van der Waals surface area contributed by atoms with Gasteiger partial charge in [-0.25, -0.2) is 4.79 Å². The minimum Gasteiger partial charge on any atom is -0.478 e. The Morgan fingerprint density at radius 1 is 1.39 bits per heavy atom. The van der Waals surface area contributed by atoms with E-state index in [1.54, 1.807) is 6.26 Å². The molecular weight excluding hydrogens is 326 g/mol. The number of nitro groups is 1. The first kappa shape index (κ1) is 18.4. The van der Waals surface area contributed by atoms with Gasteiger partial charge < -0.3 is 9.84 Å². The van der Waals surface area contributed by atoms with Crippen LogP contribution in [-0.2, 0) is 19.1 Å². The van der Waals surface area contributed by atoms with Crippen molar-refractivity contribution >= 4 is 41.2 Å². The van der Waals surface area contributed by atoms with Gasteiger partial charge in [0.15, 0.2) is 6.61 Å². The molecule has 122 valence electrons. The summed E-state index contributed by atoms with van der Waals surface area (Å²) in [5.41, 5.74) is -0.592. The summed E-state index contributed by atoms with van der Waals surface area (Å²) >= 11 is 1.06. The highest BCUT2D eigenvalue weighted by Gasteiger charge is 2.21. The number of benzene rings is 1. The van der Waals surface area contributed by atoms with E-state index >= 15 is 0 Å². The van der Waals surface area contributed by atoms with Gasteiger partial charge in [0.1, 0.15) is 5.57 Å². The molecule has 9 heteroatoms. The molecule has 0 aromatic heterocycles. The van der Waals surface area contributed by atoms with E-state index in [9.17, 15) is 24.5 Å². The molecule has 0 unspecified atom stereocenters. The van der Waals surface area contributed by atoms with Gasteiger partial charge in [0, 0.05) is 13.0 Å². The number of carboxylic acids is 1. The maximum atomic E-state index is 11.8. The minimum absolute atomic E-state index is 0.191. The summed E-state index contributed by atoms with van der Waals surface area (Å²) in [7, 11) is 0. The smallest absolute Gasteiger partial charge is 0.339 e. The lowest BCUT2D eigenvalue weighted by molar-refractivity contribution is -0.387. The zero-order chi connectivity index (χ0) is 17.6. The van der Waals surface area contributed by atoms with Crippen molar-refractivity contribution < 1.29 is 29.2 Å². The number of Topliss-reactive ketones (excluding diaryl/α,β-unsaturated/α-hetero) is 1. The van der Waals surface area contributed by atoms with Crippen LogP contribution in [0.4, 0.5) is 5.69 Å². The SMILES string of the molecule is CSc1c(/C=C(/C(=O)O)C(=O)COC(C)=O)cccc1[N+](=O)[O-]. The van der Waals surface area contributed by atoms with Crippen LogP contribution < -0.4 is 0 Å². The van der Waals surface area contributed by atoms with Gasteiger partial charge in [-0.15, -0.1) is 11.8 Å². The number of carbonyl (C=O) groups excluding carboxylic acids is 2. The molecular formula is C14H13NO7S. The van der Waals surface area contributed by atoms with Gasteiger partial charge in [0.2, 0.25) is 5.78 Å². The molecule has 1 rings (SSSR count). The summed E-state index contributed by atoms with van der Waals surface area (Å²) in [5.74, 6) is -3.14. The Balaban J connectivity index is 3.31. The lowest BCUT2D eigenvalue weighted by Crippen LogP contribution is -2.19. The molecule has 0 aliphatic carbocycles. The van der Waals surface area contributed by atoms with E-state index in [1.165, 1.54) is 18.2 Å². The number of rotatable bonds is 7. The number of carboxylic acid groups (broad SMARTS) is 1. The number of esters is 1. The normalized spacial score (nSPS) is 11.0. The van der Waals surface area contributed by atoms with Gasteiger partial charge in [-0.3, -0.25) is 19.7 Å². The quantitative estimate of drug-likeness (QED) is 0.152. The van der Waals surface area contributed by atoms with E-state index in [0.717, 1.165) is 24.8 Å². The summed E-state index contributed by atoms with van der Waals surface area (Å²) in [6.07, 6.45) is 2.63. The Morgan fingerprint density at radius 2 is 2.04 bits per heavy atom. The van der Waals surface area contributed by atoms with Crippen molar-refractivity contribution in [3.05, 3.63) is 39.4 Å². The number of aliphatic carboxylic acids is 1. The molecule has 0 saturated carbocycles. The molecule has 0 aliphatic heterocycles. The lowest BCUT2D eigenvalue weighted by atomic mass is 10.1. The molecule has 0 bridgehead atoms. The largest absolute Gasteiger partial charge is 0.478 e. The summed E-state index contributed by atoms with van der Waals surface area (Å²) in [6, 6.07) is 4.13. The molecule has 0 spiro atoms. The molecule has 0 aliphatic rings. The van der Waals surface area contributed by atoms with Crippen molar-refractivity contribution in [2.45, 2.75) is 11.8 Å². The maximum Gasteiger partial charge on any atom is 0.339 e. The molecule has 1 N–H and O–H groups in total. The van der Waals surface area contributed by atoms with Crippen LogP contribution in [0.15, 0.2) is 28.7 Å². The van der Waals surface area contributed by atoms with Crippen LogP contribution >= 0.6 is 11.8 Å². The molecule has 0 amide bonds. The Labute approximate surface area is 135 Å². The molecule has 0 heterocycles. The number of hydrogen-bond donors (Lipinski definition) is 1. The van der Waals surface area contributed by atoms with Gasteiger partial charge in [-0.1, -0.05) is 12.1 Å². The van der Waals surface area contributed by atoms with Crippen LogP contribution in [0.2, 0.25) is 0 Å². The topological polar surface area (TPSA) is 124 Å². The van der Waals surface area contributed by atoms with E-state index in [2.05, 4.69) is 4.74 Å². The molecule has 0 atom stereocenters. The van der Waals surface area contributed by atoms with Crippen molar-refractivity contribution in [1.82, 2.24) is 0 Å². The van der Waals surface area contributed by atoms with Crippen LogP contribution in [0, 0.1) is 10.1 Å². The van der Waals surface area contributed by atoms with Gasteiger partial charge in [-0.05, 0) is 17.9 Å². The zero-order valence-corrected chi connectivity index (χ0v) is 13.1. The standard InChI is InChI=1S/C14H13NO7S/c1-8(16)22-7-12(17)10(14(18)19)6-9-4-3-5-11(15(20)21)13(9)23-2/h3-6H,7H2,1-2H3,(H,18,19)/b10-6+. The third-order valence-corrected chi connectivity index (χ3v) is 3.52. The fraction of sp³-hybridized carbons (Fsp3) is 0.214. The van der Waals surface area contributed by atoms with Crippen molar-refractivity contribution in [2.75, 3.05) is 12.9 Å². The highest BCUT2D eigenvalue weighted by atomic mass is 32.2. The van der Waals surface area contributed by atoms with Crippen LogP contribution in [0.5, 0.6) is 0 Å². The number of hydrogen-bond acceptors (Lipinski definition) is 7. The number of nitrogens with zero attached hydrogens (tertiary/aromatic N) is 1. The van der Waals surface area contributed by atoms with Gasteiger partial charge in [0.25, 0.3) is 5.69 Å². The Bertz CT molecular complexity index is 696. The predicted molar refractivity (Wildman–Crippen MR) is 82.1 cm³/mol. The molecule has 1 aromatic rings. The summed E-state index contributed by atoms with van der Waals surface area (Å²) in [4.78, 5) is 44.4.